The number of rotatable bonds is 9. The Labute approximate surface area is 199 Å². The zero-order valence-electron chi connectivity index (χ0n) is 19.8. The van der Waals surface area contributed by atoms with Gasteiger partial charge in [0.1, 0.15) is 0 Å². The molecule has 0 aromatic heterocycles. The fraction of sp³-hybridized carbons (Fsp3) is 0.385. The SMILES string of the molecule is CCCCOC(=O)c1ccc(NC(=O)COC(=O)[C@@H]2CC(=O)N(c3cc(C)ccc3C)C2)cc1. The molecule has 3 rings (SSSR count). The van der Waals surface area contributed by atoms with Crippen LogP contribution in [-0.4, -0.2) is 43.5 Å². The predicted molar refractivity (Wildman–Crippen MR) is 128 cm³/mol. The summed E-state index contributed by atoms with van der Waals surface area (Å²) >= 11 is 0. The number of esters is 2. The minimum atomic E-state index is -0.627. The first-order valence-electron chi connectivity index (χ1n) is 11.4. The minimum absolute atomic E-state index is 0.0453. The lowest BCUT2D eigenvalue weighted by Gasteiger charge is -2.19. The van der Waals surface area contributed by atoms with Crippen molar-refractivity contribution in [2.75, 3.05) is 30.0 Å². The van der Waals surface area contributed by atoms with E-state index in [-0.39, 0.29) is 18.9 Å². The first kappa shape index (κ1) is 25.0. The van der Waals surface area contributed by atoms with E-state index >= 15 is 0 Å². The van der Waals surface area contributed by atoms with Crippen molar-refractivity contribution in [1.29, 1.82) is 0 Å². The molecule has 1 heterocycles. The normalized spacial score (nSPS) is 15.2. The topological polar surface area (TPSA) is 102 Å². The van der Waals surface area contributed by atoms with Crippen LogP contribution in [0.25, 0.3) is 0 Å². The second-order valence-corrected chi connectivity index (χ2v) is 8.42. The lowest BCUT2D eigenvalue weighted by atomic mass is 10.1. The van der Waals surface area contributed by atoms with Crippen LogP contribution in [0.5, 0.6) is 0 Å². The molecule has 0 aliphatic carbocycles. The molecule has 180 valence electrons. The second-order valence-electron chi connectivity index (χ2n) is 8.42. The number of benzene rings is 2. The Hall–Kier alpha value is -3.68. The Bertz CT molecular complexity index is 1060. The zero-order valence-corrected chi connectivity index (χ0v) is 19.8. The number of anilines is 2. The largest absolute Gasteiger partial charge is 0.462 e. The maximum atomic E-state index is 12.5. The summed E-state index contributed by atoms with van der Waals surface area (Å²) < 4.78 is 10.3. The highest BCUT2D eigenvalue weighted by atomic mass is 16.5. The number of nitrogens with one attached hydrogen (secondary N) is 1. The van der Waals surface area contributed by atoms with Crippen LogP contribution >= 0.6 is 0 Å². The maximum Gasteiger partial charge on any atom is 0.338 e. The van der Waals surface area contributed by atoms with Gasteiger partial charge >= 0.3 is 11.9 Å². The van der Waals surface area contributed by atoms with E-state index < -0.39 is 30.4 Å². The molecule has 0 radical (unpaired) electrons. The second kappa shape index (κ2) is 11.4. The molecule has 2 amide bonds. The van der Waals surface area contributed by atoms with Gasteiger partial charge < -0.3 is 19.7 Å². The van der Waals surface area contributed by atoms with Crippen molar-refractivity contribution in [2.45, 2.75) is 40.0 Å². The van der Waals surface area contributed by atoms with Crippen molar-refractivity contribution in [3.05, 3.63) is 59.2 Å². The van der Waals surface area contributed by atoms with Gasteiger partial charge in [-0.25, -0.2) is 4.79 Å². The smallest absolute Gasteiger partial charge is 0.338 e. The number of unbranched alkanes of at least 4 members (excludes halogenated alkanes) is 1. The Kier molecular flexibility index (Phi) is 8.40. The van der Waals surface area contributed by atoms with Gasteiger partial charge in [0.2, 0.25) is 5.91 Å². The van der Waals surface area contributed by atoms with E-state index in [4.69, 9.17) is 9.47 Å². The van der Waals surface area contributed by atoms with Crippen molar-refractivity contribution < 1.29 is 28.7 Å². The summed E-state index contributed by atoms with van der Waals surface area (Å²) in [6.07, 6.45) is 1.78. The Morgan fingerprint density at radius 3 is 2.50 bits per heavy atom. The number of hydrogen-bond acceptors (Lipinski definition) is 6. The number of amides is 2. The molecule has 8 nitrogen and oxygen atoms in total. The van der Waals surface area contributed by atoms with Crippen molar-refractivity contribution in [2.24, 2.45) is 5.92 Å². The quantitative estimate of drug-likeness (QED) is 0.446. The van der Waals surface area contributed by atoms with Crippen LogP contribution in [0.1, 0.15) is 47.7 Å². The third kappa shape index (κ3) is 6.43. The van der Waals surface area contributed by atoms with Gasteiger partial charge in [-0.15, -0.1) is 0 Å². The maximum absolute atomic E-state index is 12.5. The van der Waals surface area contributed by atoms with Crippen LogP contribution in [-0.2, 0) is 23.9 Å². The van der Waals surface area contributed by atoms with Crippen LogP contribution in [0.4, 0.5) is 11.4 Å². The molecule has 1 N–H and O–H groups in total. The van der Waals surface area contributed by atoms with E-state index in [9.17, 15) is 19.2 Å². The highest BCUT2D eigenvalue weighted by Crippen LogP contribution is 2.29. The molecular weight excluding hydrogens is 436 g/mol. The highest BCUT2D eigenvalue weighted by Gasteiger charge is 2.36. The first-order valence-corrected chi connectivity index (χ1v) is 11.4. The van der Waals surface area contributed by atoms with Gasteiger partial charge in [0, 0.05) is 24.3 Å². The third-order valence-electron chi connectivity index (χ3n) is 5.59. The summed E-state index contributed by atoms with van der Waals surface area (Å²) in [7, 11) is 0. The van der Waals surface area contributed by atoms with Gasteiger partial charge in [0.25, 0.3) is 5.91 Å². The number of ether oxygens (including phenoxy) is 2. The van der Waals surface area contributed by atoms with Gasteiger partial charge in [0.15, 0.2) is 6.61 Å². The Balaban J connectivity index is 1.48. The standard InChI is InChI=1S/C26H30N2O6/c1-4-5-12-33-25(31)19-8-10-21(11-9-19)27-23(29)16-34-26(32)20-14-24(30)28(15-20)22-13-17(2)6-7-18(22)3/h6-11,13,20H,4-5,12,14-16H2,1-3H3,(H,27,29)/t20-/m1/s1. The molecule has 0 spiro atoms. The van der Waals surface area contributed by atoms with Crippen molar-refractivity contribution in [3.63, 3.8) is 0 Å². The summed E-state index contributed by atoms with van der Waals surface area (Å²) in [5.41, 5.74) is 3.61. The summed E-state index contributed by atoms with van der Waals surface area (Å²) in [5, 5.41) is 2.62. The van der Waals surface area contributed by atoms with Crippen LogP contribution in [0.3, 0.4) is 0 Å². The van der Waals surface area contributed by atoms with Gasteiger partial charge in [0.05, 0.1) is 18.1 Å². The molecule has 1 fully saturated rings. The van der Waals surface area contributed by atoms with E-state index in [1.807, 2.05) is 39.0 Å². The summed E-state index contributed by atoms with van der Waals surface area (Å²) in [6.45, 7) is 6.00. The molecular formula is C26H30N2O6. The number of nitrogens with zero attached hydrogens (tertiary/aromatic N) is 1. The minimum Gasteiger partial charge on any atom is -0.462 e. The average molecular weight is 467 g/mol. The van der Waals surface area contributed by atoms with Crippen LogP contribution in [0, 0.1) is 19.8 Å². The number of aryl methyl sites for hydroxylation is 2. The lowest BCUT2D eigenvalue weighted by molar-refractivity contribution is -0.151. The molecule has 1 saturated heterocycles. The number of carbonyl (C=O) groups is 4. The monoisotopic (exact) mass is 466 g/mol. The first-order chi connectivity index (χ1) is 16.3. The molecule has 8 heteroatoms. The number of hydrogen-bond donors (Lipinski definition) is 1. The molecule has 0 saturated carbocycles. The fourth-order valence-electron chi connectivity index (χ4n) is 3.64. The molecule has 0 unspecified atom stereocenters. The van der Waals surface area contributed by atoms with E-state index in [0.717, 1.165) is 29.7 Å². The molecule has 2 aromatic carbocycles. The Morgan fingerprint density at radius 1 is 1.06 bits per heavy atom. The molecule has 1 atom stereocenters. The van der Waals surface area contributed by atoms with E-state index in [2.05, 4.69) is 5.32 Å². The number of carbonyl (C=O) groups excluding carboxylic acids is 4. The van der Waals surface area contributed by atoms with Crippen LogP contribution in [0.2, 0.25) is 0 Å². The van der Waals surface area contributed by atoms with E-state index in [0.29, 0.717) is 17.9 Å². The zero-order chi connectivity index (χ0) is 24.7. The summed E-state index contributed by atoms with van der Waals surface area (Å²) in [4.78, 5) is 50.7. The van der Waals surface area contributed by atoms with Crippen molar-refractivity contribution in [1.82, 2.24) is 0 Å². The van der Waals surface area contributed by atoms with Crippen LogP contribution < -0.4 is 10.2 Å². The van der Waals surface area contributed by atoms with Crippen molar-refractivity contribution in [3.8, 4) is 0 Å². The predicted octanol–water partition coefficient (Wildman–Crippen LogP) is 3.80. The molecule has 1 aliphatic rings. The summed E-state index contributed by atoms with van der Waals surface area (Å²) in [5.74, 6) is -2.28. The molecule has 2 aromatic rings. The van der Waals surface area contributed by atoms with Gasteiger partial charge in [-0.2, -0.15) is 0 Å². The van der Waals surface area contributed by atoms with E-state index in [1.54, 1.807) is 29.2 Å². The van der Waals surface area contributed by atoms with Gasteiger partial charge in [-0.3, -0.25) is 14.4 Å². The highest BCUT2D eigenvalue weighted by molar-refractivity contribution is 6.00. The lowest BCUT2D eigenvalue weighted by Crippen LogP contribution is -2.28. The van der Waals surface area contributed by atoms with Crippen molar-refractivity contribution >= 4 is 35.1 Å². The Morgan fingerprint density at radius 2 is 1.79 bits per heavy atom. The molecule has 0 bridgehead atoms. The molecule has 1 aliphatic heterocycles. The van der Waals surface area contributed by atoms with Crippen LogP contribution in [0.15, 0.2) is 42.5 Å². The average Bonchev–Trinajstić information content (AvgIpc) is 3.21. The van der Waals surface area contributed by atoms with E-state index in [1.165, 1.54) is 0 Å². The fourth-order valence-corrected chi connectivity index (χ4v) is 3.64. The van der Waals surface area contributed by atoms with Gasteiger partial charge in [-0.1, -0.05) is 25.5 Å². The third-order valence-corrected chi connectivity index (χ3v) is 5.59. The van der Waals surface area contributed by atoms with Gasteiger partial charge in [-0.05, 0) is 61.7 Å². The molecule has 34 heavy (non-hydrogen) atoms. The summed E-state index contributed by atoms with van der Waals surface area (Å²) in [6, 6.07) is 12.1.